The summed E-state index contributed by atoms with van der Waals surface area (Å²) in [6.07, 6.45) is 9.63. The number of aliphatic carboxylic acids is 1. The van der Waals surface area contributed by atoms with E-state index in [-0.39, 0.29) is 29.2 Å². The number of piperidine rings is 1. The second-order valence-corrected chi connectivity index (χ2v) is 13.6. The summed E-state index contributed by atoms with van der Waals surface area (Å²) in [4.78, 5) is 68.4. The van der Waals surface area contributed by atoms with Crippen LogP contribution in [0.2, 0.25) is 0 Å². The quantitative estimate of drug-likeness (QED) is 0.396. The summed E-state index contributed by atoms with van der Waals surface area (Å²) in [6.45, 7) is 7.53. The maximum atomic E-state index is 13.8. The summed E-state index contributed by atoms with van der Waals surface area (Å²) in [6, 6.07) is -2.32. The number of carboxylic acid groups (broad SMARTS) is 1. The Balaban J connectivity index is 1.46. The van der Waals surface area contributed by atoms with Crippen molar-refractivity contribution >= 4 is 29.7 Å². The molecule has 4 rings (SSSR count). The molecule has 4 N–H and O–H groups in total. The molecule has 5 amide bonds. The Kier molecular flexibility index (Phi) is 9.85. The van der Waals surface area contributed by atoms with Gasteiger partial charge < -0.3 is 30.9 Å². The lowest BCUT2D eigenvalue weighted by atomic mass is 9.86. The van der Waals surface area contributed by atoms with Gasteiger partial charge in [-0.15, -0.1) is 0 Å². The third-order valence-corrected chi connectivity index (χ3v) is 9.50. The monoisotopic (exact) mass is 575 g/mol. The Hall–Kier alpha value is -2.85. The molecule has 1 aliphatic carbocycles. The Bertz CT molecular complexity index is 1010. The molecule has 0 bridgehead atoms. The zero-order chi connectivity index (χ0) is 29.8. The number of hydrogen-bond acceptors (Lipinski definition) is 5. The van der Waals surface area contributed by atoms with E-state index in [1.807, 2.05) is 25.7 Å². The van der Waals surface area contributed by atoms with Gasteiger partial charge >= 0.3 is 12.0 Å². The Labute approximate surface area is 243 Å². The molecule has 0 aromatic heterocycles. The number of likely N-dealkylation sites (tertiary alicyclic amines) is 1. The standard InChI is InChI=1S/C30H49N5O6/c1-29(2,3)23(19-34-16-10-9-15-24(34)36)32-28(41)31-21-13-8-6-4-5-7-12-20-18-30(20,27(39)40)33-25(37)22-14-11-17-35(22)26(21)38/h20-23H,4-19H2,1-3H3,(H,33,37)(H,39,40)(H2,31,32,41)/t20?,21-,22-,23+,30+/m0/s1. The number of carbonyl (C=O) groups excluding carboxylic acids is 4. The predicted octanol–water partition coefficient (Wildman–Crippen LogP) is 2.78. The zero-order valence-corrected chi connectivity index (χ0v) is 25.0. The first-order chi connectivity index (χ1) is 19.4. The van der Waals surface area contributed by atoms with E-state index in [1.54, 1.807) is 0 Å². The molecular weight excluding hydrogens is 526 g/mol. The summed E-state index contributed by atoms with van der Waals surface area (Å²) in [5, 5.41) is 18.7. The van der Waals surface area contributed by atoms with Gasteiger partial charge in [-0.3, -0.25) is 14.4 Å². The fourth-order valence-electron chi connectivity index (χ4n) is 6.65. The average Bonchev–Trinajstić information content (AvgIpc) is 3.37. The first-order valence-corrected chi connectivity index (χ1v) is 15.6. The predicted molar refractivity (Wildman–Crippen MR) is 153 cm³/mol. The van der Waals surface area contributed by atoms with Crippen LogP contribution in [-0.4, -0.2) is 87.9 Å². The fourth-order valence-corrected chi connectivity index (χ4v) is 6.65. The summed E-state index contributed by atoms with van der Waals surface area (Å²) in [7, 11) is 0. The zero-order valence-electron chi connectivity index (χ0n) is 25.0. The van der Waals surface area contributed by atoms with Gasteiger partial charge in [0.25, 0.3) is 0 Å². The molecule has 5 atom stereocenters. The molecule has 41 heavy (non-hydrogen) atoms. The van der Waals surface area contributed by atoms with Crippen LogP contribution >= 0.6 is 0 Å². The van der Waals surface area contributed by atoms with Crippen molar-refractivity contribution in [3.63, 3.8) is 0 Å². The number of carbonyl (C=O) groups is 5. The number of urea groups is 1. The van der Waals surface area contributed by atoms with E-state index in [4.69, 9.17) is 0 Å². The summed E-state index contributed by atoms with van der Waals surface area (Å²) >= 11 is 0. The van der Waals surface area contributed by atoms with Crippen molar-refractivity contribution in [2.24, 2.45) is 11.3 Å². The lowest BCUT2D eigenvalue weighted by Crippen LogP contribution is -2.59. The molecule has 4 fully saturated rings. The van der Waals surface area contributed by atoms with Crippen molar-refractivity contribution < 1.29 is 29.1 Å². The maximum Gasteiger partial charge on any atom is 0.329 e. The first-order valence-electron chi connectivity index (χ1n) is 15.6. The SMILES string of the molecule is CC(C)(C)[C@@H](CN1CCCCC1=O)NC(=O)N[C@H]1CCCCCCCC2C[C@@]2(C(=O)O)NC(=O)[C@@H]2CCCN2C1=O. The summed E-state index contributed by atoms with van der Waals surface area (Å²) in [5.41, 5.74) is -1.55. The third-order valence-electron chi connectivity index (χ3n) is 9.50. The smallest absolute Gasteiger partial charge is 0.329 e. The van der Waals surface area contributed by atoms with Crippen molar-refractivity contribution in [3.05, 3.63) is 0 Å². The largest absolute Gasteiger partial charge is 0.479 e. The van der Waals surface area contributed by atoms with Crippen LogP contribution in [-0.2, 0) is 19.2 Å². The van der Waals surface area contributed by atoms with E-state index < -0.39 is 35.5 Å². The number of amides is 5. The van der Waals surface area contributed by atoms with E-state index in [1.165, 1.54) is 4.90 Å². The molecule has 0 spiro atoms. The van der Waals surface area contributed by atoms with Crippen molar-refractivity contribution in [2.45, 2.75) is 128 Å². The molecule has 0 radical (unpaired) electrons. The van der Waals surface area contributed by atoms with E-state index in [9.17, 15) is 29.1 Å². The molecule has 230 valence electrons. The Morgan fingerprint density at radius 3 is 2.37 bits per heavy atom. The number of nitrogens with one attached hydrogen (secondary N) is 3. The van der Waals surface area contributed by atoms with Crippen LogP contribution in [0.3, 0.4) is 0 Å². The number of fused-ring (bicyclic) bond motifs is 2. The lowest BCUT2D eigenvalue weighted by Gasteiger charge is -2.37. The second-order valence-electron chi connectivity index (χ2n) is 13.6. The molecule has 0 aromatic rings. The minimum atomic E-state index is -1.23. The van der Waals surface area contributed by atoms with E-state index >= 15 is 0 Å². The lowest BCUT2D eigenvalue weighted by molar-refractivity contribution is -0.145. The van der Waals surface area contributed by atoms with Crippen LogP contribution in [0.1, 0.15) is 104 Å². The molecule has 0 aromatic carbocycles. The van der Waals surface area contributed by atoms with Gasteiger partial charge in [-0.05, 0) is 56.3 Å². The molecule has 1 saturated carbocycles. The molecule has 3 heterocycles. The minimum absolute atomic E-state index is 0.0752. The highest BCUT2D eigenvalue weighted by molar-refractivity contribution is 5.96. The van der Waals surface area contributed by atoms with Gasteiger partial charge in [0.05, 0.1) is 6.04 Å². The van der Waals surface area contributed by atoms with E-state index in [2.05, 4.69) is 16.0 Å². The highest BCUT2D eigenvalue weighted by Gasteiger charge is 2.61. The molecule has 11 heteroatoms. The van der Waals surface area contributed by atoms with Gasteiger partial charge in [0.15, 0.2) is 0 Å². The van der Waals surface area contributed by atoms with Crippen LogP contribution in [0.5, 0.6) is 0 Å². The van der Waals surface area contributed by atoms with Gasteiger partial charge in [-0.25, -0.2) is 9.59 Å². The van der Waals surface area contributed by atoms with Crippen molar-refractivity contribution in [3.8, 4) is 0 Å². The molecule has 1 unspecified atom stereocenters. The summed E-state index contributed by atoms with van der Waals surface area (Å²) < 4.78 is 0. The van der Waals surface area contributed by atoms with Crippen LogP contribution < -0.4 is 16.0 Å². The Morgan fingerprint density at radius 1 is 0.976 bits per heavy atom. The van der Waals surface area contributed by atoms with Crippen LogP contribution in [0.4, 0.5) is 4.79 Å². The second kappa shape index (κ2) is 13.0. The number of nitrogens with zero attached hydrogens (tertiary/aromatic N) is 2. The van der Waals surface area contributed by atoms with Gasteiger partial charge in [-0.2, -0.15) is 0 Å². The van der Waals surface area contributed by atoms with Crippen molar-refractivity contribution in [1.82, 2.24) is 25.8 Å². The molecule has 11 nitrogen and oxygen atoms in total. The fraction of sp³-hybridized carbons (Fsp3) is 0.833. The number of rotatable bonds is 5. The maximum absolute atomic E-state index is 13.8. The van der Waals surface area contributed by atoms with E-state index in [0.717, 1.165) is 51.4 Å². The van der Waals surface area contributed by atoms with Crippen molar-refractivity contribution in [1.29, 1.82) is 0 Å². The highest BCUT2D eigenvalue weighted by atomic mass is 16.4. The minimum Gasteiger partial charge on any atom is -0.479 e. The van der Waals surface area contributed by atoms with E-state index in [0.29, 0.717) is 51.7 Å². The Morgan fingerprint density at radius 2 is 1.68 bits per heavy atom. The molecule has 3 aliphatic heterocycles. The first kappa shape index (κ1) is 31.1. The molecule has 4 aliphatic rings. The van der Waals surface area contributed by atoms with Crippen LogP contribution in [0.25, 0.3) is 0 Å². The van der Waals surface area contributed by atoms with Gasteiger partial charge in [0.2, 0.25) is 17.7 Å². The normalized spacial score (nSPS) is 30.7. The topological polar surface area (TPSA) is 148 Å². The van der Waals surface area contributed by atoms with Crippen LogP contribution in [0, 0.1) is 11.3 Å². The van der Waals surface area contributed by atoms with Gasteiger partial charge in [0.1, 0.15) is 17.6 Å². The van der Waals surface area contributed by atoms with Crippen LogP contribution in [0.15, 0.2) is 0 Å². The molecular formula is C30H49N5O6. The van der Waals surface area contributed by atoms with Gasteiger partial charge in [0, 0.05) is 26.1 Å². The van der Waals surface area contributed by atoms with Crippen molar-refractivity contribution in [2.75, 3.05) is 19.6 Å². The molecule has 3 saturated heterocycles. The average molecular weight is 576 g/mol. The highest BCUT2D eigenvalue weighted by Crippen LogP contribution is 2.47. The third kappa shape index (κ3) is 7.52. The van der Waals surface area contributed by atoms with Gasteiger partial charge in [-0.1, -0.05) is 52.9 Å². The number of hydrogen-bond donors (Lipinski definition) is 4. The summed E-state index contributed by atoms with van der Waals surface area (Å²) in [5.74, 6) is -1.70. The number of carboxylic acids is 1.